The predicted octanol–water partition coefficient (Wildman–Crippen LogP) is 3.68. The molecule has 0 aliphatic heterocycles. The molecule has 0 atom stereocenters. The second-order valence-corrected chi connectivity index (χ2v) is 6.59. The molecule has 1 amide bonds. The number of thiazole rings is 1. The van der Waals surface area contributed by atoms with E-state index >= 15 is 0 Å². The summed E-state index contributed by atoms with van der Waals surface area (Å²) in [5.41, 5.74) is 2.07. The third kappa shape index (κ3) is 4.95. The van der Waals surface area contributed by atoms with Crippen LogP contribution in [0.2, 0.25) is 0 Å². The number of nitrogens with one attached hydrogen (secondary N) is 1. The normalized spacial score (nSPS) is 10.7. The van der Waals surface area contributed by atoms with Crippen molar-refractivity contribution in [2.24, 2.45) is 0 Å². The Bertz CT molecular complexity index is 919. The molecule has 5 heteroatoms. The SMILES string of the molecule is C#CCOc1ccc(CCNC(=O)/C=C/c2nc3ccccc3s2)cc1. The molecule has 2 aromatic carbocycles. The lowest BCUT2D eigenvalue weighted by molar-refractivity contribution is -0.116. The lowest BCUT2D eigenvalue weighted by Crippen LogP contribution is -2.23. The Morgan fingerprint density at radius 2 is 2.04 bits per heavy atom. The minimum Gasteiger partial charge on any atom is -0.481 e. The number of hydrogen-bond acceptors (Lipinski definition) is 4. The van der Waals surface area contributed by atoms with Crippen LogP contribution in [0.5, 0.6) is 5.75 Å². The molecule has 26 heavy (non-hydrogen) atoms. The summed E-state index contributed by atoms with van der Waals surface area (Å²) in [5, 5.41) is 3.70. The summed E-state index contributed by atoms with van der Waals surface area (Å²) in [5.74, 6) is 3.05. The van der Waals surface area contributed by atoms with E-state index in [4.69, 9.17) is 11.2 Å². The molecule has 3 aromatic rings. The zero-order valence-electron chi connectivity index (χ0n) is 14.1. The van der Waals surface area contributed by atoms with Crippen molar-refractivity contribution in [2.75, 3.05) is 13.2 Å². The Hall–Kier alpha value is -3.10. The van der Waals surface area contributed by atoms with Gasteiger partial charge in [-0.1, -0.05) is 30.2 Å². The lowest BCUT2D eigenvalue weighted by Gasteiger charge is -2.05. The number of nitrogens with zero attached hydrogens (tertiary/aromatic N) is 1. The van der Waals surface area contributed by atoms with Gasteiger partial charge in [-0.05, 0) is 42.3 Å². The Labute approximate surface area is 156 Å². The van der Waals surface area contributed by atoms with E-state index in [9.17, 15) is 4.79 Å². The number of carbonyl (C=O) groups excluding carboxylic acids is 1. The number of carbonyl (C=O) groups is 1. The van der Waals surface area contributed by atoms with Crippen LogP contribution < -0.4 is 10.1 Å². The molecule has 0 unspecified atom stereocenters. The van der Waals surface area contributed by atoms with E-state index in [2.05, 4.69) is 16.2 Å². The number of rotatable bonds is 7. The van der Waals surface area contributed by atoms with Crippen LogP contribution in [-0.4, -0.2) is 24.0 Å². The van der Waals surface area contributed by atoms with Crippen molar-refractivity contribution >= 4 is 33.5 Å². The van der Waals surface area contributed by atoms with Gasteiger partial charge >= 0.3 is 0 Å². The van der Waals surface area contributed by atoms with Gasteiger partial charge in [0, 0.05) is 12.6 Å². The molecule has 0 aliphatic rings. The number of amides is 1. The summed E-state index contributed by atoms with van der Waals surface area (Å²) in [6.07, 6.45) is 9.17. The number of ether oxygens (including phenoxy) is 1. The third-order valence-corrected chi connectivity index (χ3v) is 4.65. The van der Waals surface area contributed by atoms with E-state index in [1.165, 1.54) is 6.08 Å². The summed E-state index contributed by atoms with van der Waals surface area (Å²) < 4.78 is 6.44. The van der Waals surface area contributed by atoms with Gasteiger partial charge < -0.3 is 10.1 Å². The highest BCUT2D eigenvalue weighted by Gasteiger charge is 2.01. The topological polar surface area (TPSA) is 51.2 Å². The molecule has 0 fully saturated rings. The highest BCUT2D eigenvalue weighted by molar-refractivity contribution is 7.19. The molecule has 3 rings (SSSR count). The summed E-state index contributed by atoms with van der Waals surface area (Å²) in [6.45, 7) is 0.823. The number of para-hydroxylation sites is 1. The molecule has 1 aromatic heterocycles. The second-order valence-electron chi connectivity index (χ2n) is 5.53. The van der Waals surface area contributed by atoms with E-state index < -0.39 is 0 Å². The van der Waals surface area contributed by atoms with Gasteiger partial charge in [0.1, 0.15) is 17.4 Å². The maximum absolute atomic E-state index is 11.9. The zero-order chi connectivity index (χ0) is 18.2. The molecule has 0 bridgehead atoms. The molecular formula is C21H18N2O2S. The molecule has 4 nitrogen and oxygen atoms in total. The van der Waals surface area contributed by atoms with Gasteiger partial charge in [-0.2, -0.15) is 0 Å². The minimum absolute atomic E-state index is 0.127. The van der Waals surface area contributed by atoms with Crippen LogP contribution in [-0.2, 0) is 11.2 Å². The molecule has 1 N–H and O–H groups in total. The smallest absolute Gasteiger partial charge is 0.244 e. The van der Waals surface area contributed by atoms with Gasteiger partial charge in [0.05, 0.1) is 10.2 Å². The maximum Gasteiger partial charge on any atom is 0.244 e. The summed E-state index contributed by atoms with van der Waals surface area (Å²) in [6, 6.07) is 15.6. The van der Waals surface area contributed by atoms with Crippen molar-refractivity contribution < 1.29 is 9.53 Å². The molecule has 0 saturated carbocycles. The average Bonchev–Trinajstić information content (AvgIpc) is 3.09. The summed E-state index contributed by atoms with van der Waals surface area (Å²) >= 11 is 1.56. The standard InChI is InChI=1S/C21H18N2O2S/c1-2-15-25-17-9-7-16(8-10-17)13-14-22-20(24)11-12-21-23-18-5-3-4-6-19(18)26-21/h1,3-12H,13-15H2,(H,22,24)/b12-11+. The molecular weight excluding hydrogens is 344 g/mol. The first-order valence-electron chi connectivity index (χ1n) is 8.21. The number of terminal acetylenes is 1. The fourth-order valence-electron chi connectivity index (χ4n) is 2.37. The quantitative estimate of drug-likeness (QED) is 0.515. The number of aromatic nitrogens is 1. The second kappa shape index (κ2) is 8.84. The highest BCUT2D eigenvalue weighted by Crippen LogP contribution is 2.22. The van der Waals surface area contributed by atoms with Gasteiger partial charge in [0.25, 0.3) is 0 Å². The van der Waals surface area contributed by atoms with E-state index in [0.717, 1.165) is 33.0 Å². The van der Waals surface area contributed by atoms with Gasteiger partial charge in [-0.25, -0.2) is 4.98 Å². The third-order valence-electron chi connectivity index (χ3n) is 3.65. The first-order chi connectivity index (χ1) is 12.7. The van der Waals surface area contributed by atoms with Gasteiger partial charge in [-0.3, -0.25) is 4.79 Å². The Morgan fingerprint density at radius 1 is 1.23 bits per heavy atom. The monoisotopic (exact) mass is 362 g/mol. The van der Waals surface area contributed by atoms with Crippen molar-refractivity contribution in [3.8, 4) is 18.1 Å². The van der Waals surface area contributed by atoms with Crippen LogP contribution in [0.4, 0.5) is 0 Å². The van der Waals surface area contributed by atoms with Crippen LogP contribution in [0.1, 0.15) is 10.6 Å². The van der Waals surface area contributed by atoms with Gasteiger partial charge in [-0.15, -0.1) is 17.8 Å². The van der Waals surface area contributed by atoms with Crippen molar-refractivity contribution in [1.82, 2.24) is 10.3 Å². The van der Waals surface area contributed by atoms with Crippen molar-refractivity contribution in [3.05, 3.63) is 65.2 Å². The highest BCUT2D eigenvalue weighted by atomic mass is 32.1. The van der Waals surface area contributed by atoms with Crippen LogP contribution in [0, 0.1) is 12.3 Å². The lowest BCUT2D eigenvalue weighted by atomic mass is 10.1. The zero-order valence-corrected chi connectivity index (χ0v) is 15.0. The largest absolute Gasteiger partial charge is 0.481 e. The maximum atomic E-state index is 11.9. The molecule has 0 saturated heterocycles. The van der Waals surface area contributed by atoms with Crippen LogP contribution in [0.15, 0.2) is 54.6 Å². The van der Waals surface area contributed by atoms with E-state index in [1.54, 1.807) is 17.4 Å². The number of benzene rings is 2. The fourth-order valence-corrected chi connectivity index (χ4v) is 3.24. The summed E-state index contributed by atoms with van der Waals surface area (Å²) in [7, 11) is 0. The van der Waals surface area contributed by atoms with E-state index in [-0.39, 0.29) is 12.5 Å². The van der Waals surface area contributed by atoms with Gasteiger partial charge in [0.15, 0.2) is 0 Å². The Kier molecular flexibility index (Phi) is 6.02. The van der Waals surface area contributed by atoms with Crippen LogP contribution in [0.25, 0.3) is 16.3 Å². The minimum atomic E-state index is -0.127. The molecule has 130 valence electrons. The van der Waals surface area contributed by atoms with Gasteiger partial charge in [0.2, 0.25) is 5.91 Å². The first-order valence-corrected chi connectivity index (χ1v) is 9.03. The average molecular weight is 362 g/mol. The Balaban J connectivity index is 1.45. The predicted molar refractivity (Wildman–Crippen MR) is 106 cm³/mol. The van der Waals surface area contributed by atoms with Crippen molar-refractivity contribution in [3.63, 3.8) is 0 Å². The van der Waals surface area contributed by atoms with Crippen molar-refractivity contribution in [1.29, 1.82) is 0 Å². The Morgan fingerprint density at radius 3 is 2.81 bits per heavy atom. The summed E-state index contributed by atoms with van der Waals surface area (Å²) in [4.78, 5) is 16.4. The van der Waals surface area contributed by atoms with Crippen LogP contribution >= 0.6 is 11.3 Å². The van der Waals surface area contributed by atoms with E-state index in [1.807, 2.05) is 48.5 Å². The first kappa shape index (κ1) is 17.7. The van der Waals surface area contributed by atoms with Crippen LogP contribution in [0.3, 0.4) is 0 Å². The fraction of sp³-hybridized carbons (Fsp3) is 0.143. The number of fused-ring (bicyclic) bond motifs is 1. The number of hydrogen-bond donors (Lipinski definition) is 1. The van der Waals surface area contributed by atoms with E-state index in [0.29, 0.717) is 6.54 Å². The van der Waals surface area contributed by atoms with Crippen molar-refractivity contribution in [2.45, 2.75) is 6.42 Å². The molecule has 1 heterocycles. The molecule has 0 aliphatic carbocycles. The molecule has 0 spiro atoms. The molecule has 0 radical (unpaired) electrons.